The minimum absolute atomic E-state index is 0.682. The highest BCUT2D eigenvalue weighted by molar-refractivity contribution is 6.89. The number of rotatable bonds is 6. The molecule has 4 heteroatoms. The molecular formula is C8H20O2Si2. The van der Waals surface area contributed by atoms with Crippen molar-refractivity contribution in [2.75, 3.05) is 13.2 Å². The summed E-state index contributed by atoms with van der Waals surface area (Å²) in [4.78, 5) is 0. The lowest BCUT2D eigenvalue weighted by molar-refractivity contribution is 0.294. The average molecular weight is 204 g/mol. The van der Waals surface area contributed by atoms with Gasteiger partial charge in [0.1, 0.15) is 0 Å². The van der Waals surface area contributed by atoms with Crippen LogP contribution in [0.1, 0.15) is 26.7 Å². The molecule has 1 aliphatic heterocycles. The molecule has 0 unspecified atom stereocenters. The van der Waals surface area contributed by atoms with E-state index in [4.69, 9.17) is 8.85 Å². The Kier molecular flexibility index (Phi) is 5.14. The molecule has 0 aromatic carbocycles. The van der Waals surface area contributed by atoms with Crippen LogP contribution >= 0.6 is 0 Å². The molecule has 0 aromatic heterocycles. The number of hydrogen-bond acceptors (Lipinski definition) is 2. The summed E-state index contributed by atoms with van der Waals surface area (Å²) < 4.78 is 11.5. The van der Waals surface area contributed by atoms with Crippen molar-refractivity contribution in [2.45, 2.75) is 38.0 Å². The predicted molar refractivity (Wildman–Crippen MR) is 56.4 cm³/mol. The minimum Gasteiger partial charge on any atom is -0.420 e. The van der Waals surface area contributed by atoms with E-state index in [0.29, 0.717) is 0 Å². The molecule has 1 fully saturated rings. The molecule has 0 spiro atoms. The highest BCUT2D eigenvalue weighted by Crippen LogP contribution is 2.21. The zero-order valence-corrected chi connectivity index (χ0v) is 10.5. The normalized spacial score (nSPS) is 28.5. The van der Waals surface area contributed by atoms with Crippen LogP contribution in [-0.2, 0) is 8.85 Å². The first kappa shape index (κ1) is 10.4. The molecule has 2 nitrogen and oxygen atoms in total. The molecule has 12 heavy (non-hydrogen) atoms. The Morgan fingerprint density at radius 1 is 0.917 bits per heavy atom. The van der Waals surface area contributed by atoms with Crippen LogP contribution in [0.15, 0.2) is 0 Å². The van der Waals surface area contributed by atoms with E-state index in [2.05, 4.69) is 13.8 Å². The minimum atomic E-state index is -0.682. The Labute approximate surface area is 78.7 Å². The van der Waals surface area contributed by atoms with E-state index >= 15 is 0 Å². The largest absolute Gasteiger partial charge is 0.420 e. The molecule has 1 saturated heterocycles. The Balaban J connectivity index is 1.89. The maximum Gasteiger partial charge on any atom is 0.175 e. The summed E-state index contributed by atoms with van der Waals surface area (Å²) in [5, 5.41) is 0. The zero-order valence-electron chi connectivity index (χ0n) is 8.21. The molecule has 1 aliphatic rings. The van der Waals surface area contributed by atoms with Gasteiger partial charge in [0.25, 0.3) is 0 Å². The van der Waals surface area contributed by atoms with E-state index in [0.717, 1.165) is 13.2 Å². The smallest absolute Gasteiger partial charge is 0.175 e. The fourth-order valence-corrected chi connectivity index (χ4v) is 8.81. The van der Waals surface area contributed by atoms with Gasteiger partial charge in [-0.25, -0.2) is 0 Å². The van der Waals surface area contributed by atoms with E-state index in [1.165, 1.54) is 24.2 Å². The summed E-state index contributed by atoms with van der Waals surface area (Å²) in [5.74, 6) is 0. The molecule has 0 atom stereocenters. The Morgan fingerprint density at radius 3 is 1.67 bits per heavy atom. The molecule has 0 N–H and O–H groups in total. The van der Waals surface area contributed by atoms with Crippen LogP contribution in [-0.4, -0.2) is 31.3 Å². The topological polar surface area (TPSA) is 18.5 Å². The Bertz CT molecular complexity index is 104. The van der Waals surface area contributed by atoms with Crippen molar-refractivity contribution < 1.29 is 8.85 Å². The molecule has 0 aliphatic carbocycles. The van der Waals surface area contributed by atoms with Gasteiger partial charge in [0.05, 0.1) is 0 Å². The summed E-state index contributed by atoms with van der Waals surface area (Å²) in [6.45, 7) is 6.34. The highest BCUT2D eigenvalue weighted by Gasteiger charge is 2.34. The third kappa shape index (κ3) is 3.39. The quantitative estimate of drug-likeness (QED) is 0.609. The monoisotopic (exact) mass is 204 g/mol. The van der Waals surface area contributed by atoms with Crippen LogP contribution in [0.4, 0.5) is 0 Å². The van der Waals surface area contributed by atoms with Gasteiger partial charge in [-0.2, -0.15) is 0 Å². The fraction of sp³-hybridized carbons (Fsp3) is 1.00. The Morgan fingerprint density at radius 2 is 1.33 bits per heavy atom. The maximum absolute atomic E-state index is 5.73. The first-order valence-corrected chi connectivity index (χ1v) is 9.30. The van der Waals surface area contributed by atoms with Gasteiger partial charge < -0.3 is 8.85 Å². The van der Waals surface area contributed by atoms with E-state index in [-0.39, 0.29) is 0 Å². The molecule has 0 amide bonds. The fourth-order valence-electron chi connectivity index (χ4n) is 1.36. The van der Waals surface area contributed by atoms with Gasteiger partial charge in [-0.3, -0.25) is 0 Å². The van der Waals surface area contributed by atoms with E-state index in [9.17, 15) is 0 Å². The summed E-state index contributed by atoms with van der Waals surface area (Å²) >= 11 is 0. The maximum atomic E-state index is 5.73. The summed E-state index contributed by atoms with van der Waals surface area (Å²) in [5.41, 5.74) is 2.78. The van der Waals surface area contributed by atoms with Gasteiger partial charge in [0, 0.05) is 13.2 Å². The van der Waals surface area contributed by atoms with Gasteiger partial charge >= 0.3 is 0 Å². The van der Waals surface area contributed by atoms with Gasteiger partial charge in [-0.05, 0) is 24.2 Å². The van der Waals surface area contributed by atoms with Crippen molar-refractivity contribution in [3.8, 4) is 0 Å². The van der Waals surface area contributed by atoms with Crippen molar-refractivity contribution in [3.63, 3.8) is 0 Å². The third-order valence-electron chi connectivity index (χ3n) is 2.17. The second-order valence-corrected chi connectivity index (χ2v) is 10.4. The SMILES string of the molecule is CCCO[SiH]1C[SiH](OCCC)C1. The summed E-state index contributed by atoms with van der Waals surface area (Å²) in [7, 11) is -1.36. The second kappa shape index (κ2) is 5.91. The second-order valence-electron chi connectivity index (χ2n) is 3.46. The molecule has 72 valence electrons. The van der Waals surface area contributed by atoms with Gasteiger partial charge in [0.15, 0.2) is 18.1 Å². The first-order chi connectivity index (χ1) is 5.86. The zero-order chi connectivity index (χ0) is 8.81. The van der Waals surface area contributed by atoms with Crippen molar-refractivity contribution in [2.24, 2.45) is 0 Å². The van der Waals surface area contributed by atoms with Crippen LogP contribution in [0, 0.1) is 0 Å². The van der Waals surface area contributed by atoms with Crippen LogP contribution in [0.25, 0.3) is 0 Å². The Hall–Kier alpha value is 0.354. The predicted octanol–water partition coefficient (Wildman–Crippen LogP) is 1.38. The van der Waals surface area contributed by atoms with Crippen LogP contribution in [0.3, 0.4) is 0 Å². The molecule has 1 rings (SSSR count). The first-order valence-electron chi connectivity index (χ1n) is 5.10. The molecule has 0 bridgehead atoms. The standard InChI is InChI=1S/C8H20O2Si2/c1-3-5-9-11-7-12(8-11)10-6-4-2/h11-12H,3-8H2,1-2H3. The van der Waals surface area contributed by atoms with Crippen molar-refractivity contribution >= 4 is 18.1 Å². The number of hydrogen-bond donors (Lipinski definition) is 0. The van der Waals surface area contributed by atoms with Crippen LogP contribution in [0.2, 0.25) is 11.3 Å². The van der Waals surface area contributed by atoms with Crippen molar-refractivity contribution in [3.05, 3.63) is 0 Å². The van der Waals surface area contributed by atoms with Crippen LogP contribution < -0.4 is 0 Å². The average Bonchev–Trinajstić information content (AvgIpc) is 2.01. The highest BCUT2D eigenvalue weighted by atomic mass is 28.4. The van der Waals surface area contributed by atoms with E-state index in [1.54, 1.807) is 0 Å². The molecule has 0 radical (unpaired) electrons. The molecule has 0 aromatic rings. The summed E-state index contributed by atoms with van der Waals surface area (Å²) in [6, 6.07) is 0. The lowest BCUT2D eigenvalue weighted by atomic mass is 10.5. The van der Waals surface area contributed by atoms with Gasteiger partial charge in [0.2, 0.25) is 0 Å². The van der Waals surface area contributed by atoms with Crippen molar-refractivity contribution in [1.82, 2.24) is 0 Å². The molecular weight excluding hydrogens is 184 g/mol. The molecule has 1 heterocycles. The van der Waals surface area contributed by atoms with Gasteiger partial charge in [-0.15, -0.1) is 0 Å². The third-order valence-corrected chi connectivity index (χ3v) is 12.0. The lowest BCUT2D eigenvalue weighted by Gasteiger charge is -2.31. The van der Waals surface area contributed by atoms with Crippen LogP contribution in [0.5, 0.6) is 0 Å². The van der Waals surface area contributed by atoms with Gasteiger partial charge in [-0.1, -0.05) is 13.8 Å². The molecule has 0 saturated carbocycles. The summed E-state index contributed by atoms with van der Waals surface area (Å²) in [6.07, 6.45) is 2.34. The van der Waals surface area contributed by atoms with E-state index in [1.807, 2.05) is 0 Å². The van der Waals surface area contributed by atoms with Crippen molar-refractivity contribution in [1.29, 1.82) is 0 Å². The van der Waals surface area contributed by atoms with E-state index < -0.39 is 18.1 Å². The lowest BCUT2D eigenvalue weighted by Crippen LogP contribution is -2.44.